The van der Waals surface area contributed by atoms with Crippen LogP contribution in [0.1, 0.15) is 38.8 Å². The lowest BCUT2D eigenvalue weighted by Gasteiger charge is -2.22. The van der Waals surface area contributed by atoms with Crippen molar-refractivity contribution in [1.29, 1.82) is 0 Å². The molecule has 17 heavy (non-hydrogen) atoms. The zero-order chi connectivity index (χ0) is 12.3. The van der Waals surface area contributed by atoms with E-state index in [4.69, 9.17) is 0 Å². The van der Waals surface area contributed by atoms with E-state index in [1.54, 1.807) is 0 Å². The fourth-order valence-corrected chi connectivity index (χ4v) is 2.10. The summed E-state index contributed by atoms with van der Waals surface area (Å²) in [4.78, 5) is 4.37. The minimum atomic E-state index is 0.402. The van der Waals surface area contributed by atoms with Gasteiger partial charge in [0.05, 0.1) is 5.69 Å². The van der Waals surface area contributed by atoms with Gasteiger partial charge < -0.3 is 0 Å². The number of allylic oxidation sites excluding steroid dienone is 4. The Labute approximate surface area is 104 Å². The molecule has 1 aromatic heterocycles. The zero-order valence-electron chi connectivity index (χ0n) is 10.9. The molecule has 1 aliphatic rings. The van der Waals surface area contributed by atoms with Gasteiger partial charge in [-0.15, -0.1) is 0 Å². The molecule has 2 rings (SSSR count). The van der Waals surface area contributed by atoms with E-state index in [0.29, 0.717) is 17.8 Å². The highest BCUT2D eigenvalue weighted by Crippen LogP contribution is 2.30. The van der Waals surface area contributed by atoms with E-state index in [9.17, 15) is 0 Å². The Kier molecular flexibility index (Phi) is 3.78. The number of hydrogen-bond acceptors (Lipinski definition) is 1. The summed E-state index contributed by atoms with van der Waals surface area (Å²) in [5.74, 6) is 1.74. The fraction of sp³-hybridized carbons (Fsp3) is 0.438. The van der Waals surface area contributed by atoms with Crippen LogP contribution in [0.25, 0.3) is 0 Å². The smallest absolute Gasteiger partial charge is 0.0554 e. The second kappa shape index (κ2) is 5.31. The summed E-state index contributed by atoms with van der Waals surface area (Å²) >= 11 is 0. The Morgan fingerprint density at radius 1 is 1.35 bits per heavy atom. The predicted molar refractivity (Wildman–Crippen MR) is 71.7 cm³/mol. The van der Waals surface area contributed by atoms with Crippen molar-refractivity contribution in [3.8, 4) is 0 Å². The SMILES string of the molecule is CC(C)[C@H](C)C1=CCC(c2[c]cccn2)C=C1. The van der Waals surface area contributed by atoms with Crippen LogP contribution >= 0.6 is 0 Å². The maximum absolute atomic E-state index is 4.37. The van der Waals surface area contributed by atoms with E-state index >= 15 is 0 Å². The fourth-order valence-electron chi connectivity index (χ4n) is 2.10. The first-order valence-corrected chi connectivity index (χ1v) is 6.39. The van der Waals surface area contributed by atoms with Crippen LogP contribution in [-0.2, 0) is 0 Å². The molecular formula is C16H20N. The van der Waals surface area contributed by atoms with E-state index in [1.165, 1.54) is 5.57 Å². The minimum absolute atomic E-state index is 0.402. The second-order valence-corrected chi connectivity index (χ2v) is 5.10. The molecule has 0 fully saturated rings. The lowest BCUT2D eigenvalue weighted by atomic mass is 9.84. The molecule has 1 radical (unpaired) electrons. The molecule has 89 valence electrons. The summed E-state index contributed by atoms with van der Waals surface area (Å²) in [7, 11) is 0. The second-order valence-electron chi connectivity index (χ2n) is 5.10. The van der Waals surface area contributed by atoms with Gasteiger partial charge in [-0.1, -0.05) is 45.1 Å². The van der Waals surface area contributed by atoms with E-state index in [0.717, 1.165) is 12.1 Å². The molecule has 1 nitrogen and oxygen atoms in total. The molecule has 1 heterocycles. The van der Waals surface area contributed by atoms with E-state index < -0.39 is 0 Å². The van der Waals surface area contributed by atoms with Crippen molar-refractivity contribution < 1.29 is 0 Å². The van der Waals surface area contributed by atoms with Crippen molar-refractivity contribution in [2.75, 3.05) is 0 Å². The summed E-state index contributed by atoms with van der Waals surface area (Å²) < 4.78 is 0. The summed E-state index contributed by atoms with van der Waals surface area (Å²) in [6, 6.07) is 7.06. The Morgan fingerprint density at radius 2 is 2.18 bits per heavy atom. The van der Waals surface area contributed by atoms with Gasteiger partial charge in [0, 0.05) is 18.2 Å². The summed E-state index contributed by atoms with van der Waals surface area (Å²) in [6.45, 7) is 6.85. The average Bonchev–Trinajstić information content (AvgIpc) is 2.39. The first-order chi connectivity index (χ1) is 8.18. The summed E-state index contributed by atoms with van der Waals surface area (Å²) in [5.41, 5.74) is 2.52. The van der Waals surface area contributed by atoms with E-state index in [-0.39, 0.29) is 0 Å². The summed E-state index contributed by atoms with van der Waals surface area (Å²) in [5, 5.41) is 0. The Morgan fingerprint density at radius 3 is 2.71 bits per heavy atom. The number of nitrogens with zero attached hydrogens (tertiary/aromatic N) is 1. The number of aromatic nitrogens is 1. The first-order valence-electron chi connectivity index (χ1n) is 6.39. The van der Waals surface area contributed by atoms with Gasteiger partial charge in [0.2, 0.25) is 0 Å². The summed E-state index contributed by atoms with van der Waals surface area (Å²) in [6.07, 6.45) is 9.79. The van der Waals surface area contributed by atoms with Gasteiger partial charge in [0.25, 0.3) is 0 Å². The topological polar surface area (TPSA) is 12.9 Å². The van der Waals surface area contributed by atoms with Gasteiger partial charge in [0.1, 0.15) is 0 Å². The number of rotatable bonds is 3. The Balaban J connectivity index is 2.06. The largest absolute Gasteiger partial charge is 0.260 e. The molecule has 0 bridgehead atoms. The van der Waals surface area contributed by atoms with Crippen LogP contribution in [0.15, 0.2) is 42.1 Å². The number of hydrogen-bond donors (Lipinski definition) is 0. The van der Waals surface area contributed by atoms with Crippen molar-refractivity contribution in [1.82, 2.24) is 4.98 Å². The quantitative estimate of drug-likeness (QED) is 0.754. The third-order valence-electron chi connectivity index (χ3n) is 3.63. The molecule has 0 aliphatic heterocycles. The highest BCUT2D eigenvalue weighted by Gasteiger charge is 2.16. The highest BCUT2D eigenvalue weighted by molar-refractivity contribution is 5.31. The van der Waals surface area contributed by atoms with Crippen LogP contribution in [-0.4, -0.2) is 4.98 Å². The molecule has 2 atom stereocenters. The van der Waals surface area contributed by atoms with Crippen LogP contribution in [0.5, 0.6) is 0 Å². The molecule has 0 aromatic carbocycles. The molecular weight excluding hydrogens is 206 g/mol. The van der Waals surface area contributed by atoms with Gasteiger partial charge in [-0.05, 0) is 29.9 Å². The minimum Gasteiger partial charge on any atom is -0.260 e. The monoisotopic (exact) mass is 226 g/mol. The third-order valence-corrected chi connectivity index (χ3v) is 3.63. The van der Waals surface area contributed by atoms with Crippen LogP contribution in [0, 0.1) is 17.9 Å². The lowest BCUT2D eigenvalue weighted by Crippen LogP contribution is -2.09. The molecule has 0 N–H and O–H groups in total. The van der Waals surface area contributed by atoms with Gasteiger partial charge >= 0.3 is 0 Å². The Hall–Kier alpha value is -1.37. The zero-order valence-corrected chi connectivity index (χ0v) is 10.9. The van der Waals surface area contributed by atoms with Gasteiger partial charge in [-0.3, -0.25) is 4.98 Å². The van der Waals surface area contributed by atoms with Crippen LogP contribution < -0.4 is 0 Å². The van der Waals surface area contributed by atoms with Gasteiger partial charge in [-0.25, -0.2) is 0 Å². The maximum atomic E-state index is 4.37. The third kappa shape index (κ3) is 2.85. The van der Waals surface area contributed by atoms with E-state index in [2.05, 4.69) is 50.0 Å². The number of pyridine rings is 1. The standard InChI is InChI=1S/C16H20N/c1-12(2)13(3)14-7-9-15(10-8-14)16-6-4-5-11-17-16/h4-5,7-9,11-13,15H,10H2,1-3H3/t13-,15?/m0/s1. The molecule has 1 aromatic rings. The first kappa shape index (κ1) is 12.1. The molecule has 1 unspecified atom stereocenters. The highest BCUT2D eigenvalue weighted by atomic mass is 14.7. The van der Waals surface area contributed by atoms with Gasteiger partial charge in [0.15, 0.2) is 0 Å². The normalized spacial score (nSPS) is 21.4. The lowest BCUT2D eigenvalue weighted by molar-refractivity contribution is 0.484. The molecule has 0 spiro atoms. The van der Waals surface area contributed by atoms with Crippen molar-refractivity contribution >= 4 is 0 Å². The van der Waals surface area contributed by atoms with E-state index in [1.807, 2.05) is 18.3 Å². The van der Waals surface area contributed by atoms with Crippen molar-refractivity contribution in [3.63, 3.8) is 0 Å². The molecule has 0 saturated carbocycles. The predicted octanol–water partition coefficient (Wildman–Crippen LogP) is 4.14. The molecule has 0 saturated heterocycles. The maximum Gasteiger partial charge on any atom is 0.0554 e. The molecule has 0 amide bonds. The van der Waals surface area contributed by atoms with Crippen molar-refractivity contribution in [3.05, 3.63) is 53.9 Å². The van der Waals surface area contributed by atoms with Crippen LogP contribution in [0.3, 0.4) is 0 Å². The average molecular weight is 226 g/mol. The molecule has 1 heteroatoms. The van der Waals surface area contributed by atoms with Crippen molar-refractivity contribution in [2.45, 2.75) is 33.1 Å². The van der Waals surface area contributed by atoms with Gasteiger partial charge in [-0.2, -0.15) is 0 Å². The Bertz CT molecular complexity index is 414. The molecule has 1 aliphatic carbocycles. The van der Waals surface area contributed by atoms with Crippen LogP contribution in [0.4, 0.5) is 0 Å². The van der Waals surface area contributed by atoms with Crippen LogP contribution in [0.2, 0.25) is 0 Å². The van der Waals surface area contributed by atoms with Crippen molar-refractivity contribution in [2.24, 2.45) is 11.8 Å².